The zero-order valence-electron chi connectivity index (χ0n) is 10.00. The van der Waals surface area contributed by atoms with Crippen molar-refractivity contribution in [3.05, 3.63) is 12.3 Å². The minimum Gasteiger partial charge on any atom is -0.496 e. The molecule has 88 valence electrons. The highest BCUT2D eigenvalue weighted by atomic mass is 16.5. The summed E-state index contributed by atoms with van der Waals surface area (Å²) in [5, 5.41) is 0. The van der Waals surface area contributed by atoms with Crippen LogP contribution in [-0.2, 0) is 9.47 Å². The largest absolute Gasteiger partial charge is 0.496 e. The topological polar surface area (TPSA) is 21.7 Å². The molecular formula is C12H23NO2. The van der Waals surface area contributed by atoms with Crippen LogP contribution in [0.3, 0.4) is 0 Å². The Balaban J connectivity index is 1.86. The minimum absolute atomic E-state index is 0.617. The molecule has 0 N–H and O–H groups in total. The molecule has 0 atom stereocenters. The second-order valence-corrected chi connectivity index (χ2v) is 4.36. The van der Waals surface area contributed by atoms with Gasteiger partial charge in [-0.05, 0) is 26.9 Å². The van der Waals surface area contributed by atoms with Crippen LogP contribution in [-0.4, -0.2) is 45.4 Å². The van der Waals surface area contributed by atoms with Crippen LogP contribution in [0.15, 0.2) is 12.3 Å². The lowest BCUT2D eigenvalue weighted by Crippen LogP contribution is -2.20. The maximum Gasteiger partial charge on any atom is 0.111 e. The van der Waals surface area contributed by atoms with E-state index >= 15 is 0 Å². The van der Waals surface area contributed by atoms with Crippen molar-refractivity contribution in [2.24, 2.45) is 5.92 Å². The highest BCUT2D eigenvalue weighted by Gasteiger charge is 2.21. The van der Waals surface area contributed by atoms with Crippen LogP contribution in [0.4, 0.5) is 0 Å². The Bertz CT molecular complexity index is 188. The summed E-state index contributed by atoms with van der Waals surface area (Å²) in [5.41, 5.74) is 0. The Morgan fingerprint density at radius 3 is 2.53 bits per heavy atom. The van der Waals surface area contributed by atoms with Gasteiger partial charge in [0.25, 0.3) is 0 Å². The Labute approximate surface area is 93.0 Å². The average molecular weight is 213 g/mol. The molecule has 0 aliphatic heterocycles. The first-order valence-electron chi connectivity index (χ1n) is 5.74. The van der Waals surface area contributed by atoms with E-state index in [0.717, 1.165) is 18.9 Å². The SMILES string of the molecule is C=C(OCCOCCN(C)C)C1CCC1. The van der Waals surface area contributed by atoms with E-state index in [4.69, 9.17) is 9.47 Å². The highest BCUT2D eigenvalue weighted by Crippen LogP contribution is 2.32. The highest BCUT2D eigenvalue weighted by molar-refractivity contribution is 4.95. The van der Waals surface area contributed by atoms with Crippen molar-refractivity contribution in [1.82, 2.24) is 4.90 Å². The Morgan fingerprint density at radius 1 is 1.27 bits per heavy atom. The lowest BCUT2D eigenvalue weighted by Gasteiger charge is -2.27. The molecule has 1 saturated carbocycles. The third kappa shape index (κ3) is 5.19. The predicted octanol–water partition coefficient (Wildman–Crippen LogP) is 1.89. The number of ether oxygens (including phenoxy) is 2. The van der Waals surface area contributed by atoms with E-state index < -0.39 is 0 Å². The fraction of sp³-hybridized carbons (Fsp3) is 0.833. The van der Waals surface area contributed by atoms with Crippen molar-refractivity contribution in [2.45, 2.75) is 19.3 Å². The Kier molecular flexibility index (Phi) is 5.73. The summed E-state index contributed by atoms with van der Waals surface area (Å²) in [6, 6.07) is 0. The molecule has 1 aliphatic carbocycles. The van der Waals surface area contributed by atoms with Crippen LogP contribution < -0.4 is 0 Å². The zero-order chi connectivity index (χ0) is 11.1. The van der Waals surface area contributed by atoms with Crippen LogP contribution in [0, 0.1) is 5.92 Å². The monoisotopic (exact) mass is 213 g/mol. The van der Waals surface area contributed by atoms with Gasteiger partial charge in [0, 0.05) is 12.5 Å². The van der Waals surface area contributed by atoms with Crippen LogP contribution in [0.2, 0.25) is 0 Å². The summed E-state index contributed by atoms with van der Waals surface area (Å²) in [7, 11) is 4.08. The molecule has 0 amide bonds. The van der Waals surface area contributed by atoms with E-state index in [-0.39, 0.29) is 0 Å². The summed E-state index contributed by atoms with van der Waals surface area (Å²) in [5.74, 6) is 1.57. The zero-order valence-corrected chi connectivity index (χ0v) is 10.00. The molecule has 3 heteroatoms. The summed E-state index contributed by atoms with van der Waals surface area (Å²) in [6.45, 7) is 6.98. The van der Waals surface area contributed by atoms with Crippen molar-refractivity contribution in [2.75, 3.05) is 40.5 Å². The number of allylic oxidation sites excluding steroid dienone is 1. The second kappa shape index (κ2) is 6.85. The first kappa shape index (κ1) is 12.5. The summed E-state index contributed by atoms with van der Waals surface area (Å²) >= 11 is 0. The smallest absolute Gasteiger partial charge is 0.111 e. The van der Waals surface area contributed by atoms with Gasteiger partial charge in [0.2, 0.25) is 0 Å². The molecule has 0 unspecified atom stereocenters. The van der Waals surface area contributed by atoms with Gasteiger partial charge in [0.05, 0.1) is 19.0 Å². The standard InChI is InChI=1S/C12H23NO2/c1-11(12-5-4-6-12)15-10-9-14-8-7-13(2)3/h12H,1,4-10H2,2-3H3. The lowest BCUT2D eigenvalue weighted by atomic mass is 9.84. The molecule has 0 bridgehead atoms. The summed E-state index contributed by atoms with van der Waals surface area (Å²) in [6.07, 6.45) is 3.83. The average Bonchev–Trinajstić information content (AvgIpc) is 2.07. The predicted molar refractivity (Wildman–Crippen MR) is 61.8 cm³/mol. The van der Waals surface area contributed by atoms with E-state index in [1.54, 1.807) is 0 Å². The fourth-order valence-electron chi connectivity index (χ4n) is 1.43. The first-order chi connectivity index (χ1) is 7.20. The fourth-order valence-corrected chi connectivity index (χ4v) is 1.43. The van der Waals surface area contributed by atoms with Gasteiger partial charge < -0.3 is 14.4 Å². The first-order valence-corrected chi connectivity index (χ1v) is 5.74. The number of nitrogens with zero attached hydrogens (tertiary/aromatic N) is 1. The molecule has 0 heterocycles. The molecule has 0 saturated heterocycles. The Hall–Kier alpha value is -0.540. The van der Waals surface area contributed by atoms with E-state index in [1.807, 2.05) is 14.1 Å². The van der Waals surface area contributed by atoms with Crippen LogP contribution >= 0.6 is 0 Å². The third-order valence-electron chi connectivity index (χ3n) is 2.76. The molecule has 3 nitrogen and oxygen atoms in total. The van der Waals surface area contributed by atoms with Gasteiger partial charge >= 0.3 is 0 Å². The maximum absolute atomic E-state index is 5.52. The van der Waals surface area contributed by atoms with Crippen molar-refractivity contribution in [3.63, 3.8) is 0 Å². The molecule has 0 aromatic rings. The molecule has 1 aliphatic rings. The van der Waals surface area contributed by atoms with Crippen LogP contribution in [0.1, 0.15) is 19.3 Å². The molecule has 0 aromatic heterocycles. The molecule has 1 rings (SSSR count). The quantitative estimate of drug-likeness (QED) is 0.454. The van der Waals surface area contributed by atoms with E-state index in [1.165, 1.54) is 19.3 Å². The van der Waals surface area contributed by atoms with Gasteiger partial charge in [-0.3, -0.25) is 0 Å². The minimum atomic E-state index is 0.617. The summed E-state index contributed by atoms with van der Waals surface area (Å²) in [4.78, 5) is 2.11. The van der Waals surface area contributed by atoms with Gasteiger partial charge in [-0.15, -0.1) is 0 Å². The number of hydrogen-bond donors (Lipinski definition) is 0. The molecule has 15 heavy (non-hydrogen) atoms. The van der Waals surface area contributed by atoms with Crippen LogP contribution in [0.25, 0.3) is 0 Å². The molecule has 1 fully saturated rings. The summed E-state index contributed by atoms with van der Waals surface area (Å²) < 4.78 is 10.9. The number of likely N-dealkylation sites (N-methyl/N-ethyl adjacent to an activating group) is 1. The lowest BCUT2D eigenvalue weighted by molar-refractivity contribution is 0.0546. The molecule has 0 aromatic carbocycles. The number of hydrogen-bond acceptors (Lipinski definition) is 3. The van der Waals surface area contributed by atoms with Crippen molar-refractivity contribution in [3.8, 4) is 0 Å². The number of rotatable bonds is 8. The van der Waals surface area contributed by atoms with Crippen molar-refractivity contribution in [1.29, 1.82) is 0 Å². The normalized spacial score (nSPS) is 16.5. The molecule has 0 radical (unpaired) electrons. The second-order valence-electron chi connectivity index (χ2n) is 4.36. The third-order valence-corrected chi connectivity index (χ3v) is 2.76. The van der Waals surface area contributed by atoms with E-state index in [9.17, 15) is 0 Å². The van der Waals surface area contributed by atoms with Gasteiger partial charge in [0.15, 0.2) is 0 Å². The van der Waals surface area contributed by atoms with Gasteiger partial charge in [-0.1, -0.05) is 13.0 Å². The Morgan fingerprint density at radius 2 is 2.00 bits per heavy atom. The van der Waals surface area contributed by atoms with Gasteiger partial charge in [-0.2, -0.15) is 0 Å². The van der Waals surface area contributed by atoms with Crippen molar-refractivity contribution >= 4 is 0 Å². The van der Waals surface area contributed by atoms with E-state index in [2.05, 4.69) is 11.5 Å². The van der Waals surface area contributed by atoms with Crippen LogP contribution in [0.5, 0.6) is 0 Å². The maximum atomic E-state index is 5.52. The molecule has 0 spiro atoms. The van der Waals surface area contributed by atoms with Crippen molar-refractivity contribution < 1.29 is 9.47 Å². The van der Waals surface area contributed by atoms with Gasteiger partial charge in [-0.25, -0.2) is 0 Å². The van der Waals surface area contributed by atoms with E-state index in [0.29, 0.717) is 19.1 Å². The van der Waals surface area contributed by atoms with Gasteiger partial charge in [0.1, 0.15) is 6.61 Å². The molecular weight excluding hydrogens is 190 g/mol.